The number of methoxy groups -OCH3 is 2. The zero-order valence-electron chi connectivity index (χ0n) is 27.8. The first-order valence-electron chi connectivity index (χ1n) is 16.0. The highest BCUT2D eigenvalue weighted by atomic mass is 16.5. The molecule has 0 fully saturated rings. The van der Waals surface area contributed by atoms with Crippen molar-refractivity contribution in [3.8, 4) is 23.0 Å². The van der Waals surface area contributed by atoms with Crippen LogP contribution in [0.4, 0.5) is 34.1 Å². The molecule has 0 saturated carbocycles. The van der Waals surface area contributed by atoms with E-state index in [0.717, 1.165) is 57.1 Å². The number of hydrogen-bond acceptors (Lipinski definition) is 6. The molecule has 0 atom stereocenters. The fourth-order valence-corrected chi connectivity index (χ4v) is 5.45. The van der Waals surface area contributed by atoms with E-state index in [9.17, 15) is 0 Å². The van der Waals surface area contributed by atoms with E-state index in [1.807, 2.05) is 48.5 Å². The van der Waals surface area contributed by atoms with Crippen LogP contribution in [0.2, 0.25) is 0 Å². The minimum atomic E-state index is 0.419. The van der Waals surface area contributed by atoms with Gasteiger partial charge >= 0.3 is 0 Å². The lowest BCUT2D eigenvalue weighted by Crippen LogP contribution is -2.11. The topological polar surface area (TPSA) is 43.4 Å². The molecule has 242 valence electrons. The molecule has 0 unspecified atom stereocenters. The lowest BCUT2D eigenvalue weighted by molar-refractivity contribution is 0.217. The van der Waals surface area contributed by atoms with Crippen molar-refractivity contribution >= 4 is 34.1 Å². The standard InChI is InChI=1S/C42H40N2O4/c1-31-5-9-33(10-6-31)43(35-13-21-39(45-3)22-14-35)37-17-25-41(26-18-37)47-29-30-48-42-27-19-38(20-28-42)44(34-11-7-32(2)8-12-34)36-15-23-40(46-4)24-16-36/h5-28H,29-30H2,1-4H3. The van der Waals surface area contributed by atoms with E-state index >= 15 is 0 Å². The third-order valence-electron chi connectivity index (χ3n) is 8.06. The summed E-state index contributed by atoms with van der Waals surface area (Å²) >= 11 is 0. The molecule has 0 spiro atoms. The first-order valence-corrected chi connectivity index (χ1v) is 16.0. The van der Waals surface area contributed by atoms with Gasteiger partial charge in [0.05, 0.1) is 14.2 Å². The van der Waals surface area contributed by atoms with Crippen LogP contribution in [0, 0.1) is 13.8 Å². The molecule has 0 bridgehead atoms. The first-order chi connectivity index (χ1) is 23.5. The largest absolute Gasteiger partial charge is 0.497 e. The van der Waals surface area contributed by atoms with Crippen LogP contribution in [-0.2, 0) is 0 Å². The predicted octanol–water partition coefficient (Wildman–Crippen LogP) is 10.7. The van der Waals surface area contributed by atoms with Gasteiger partial charge in [-0.3, -0.25) is 0 Å². The fraction of sp³-hybridized carbons (Fsp3) is 0.143. The Balaban J connectivity index is 1.09. The number of hydrogen-bond donors (Lipinski definition) is 0. The predicted molar refractivity (Wildman–Crippen MR) is 196 cm³/mol. The lowest BCUT2D eigenvalue weighted by atomic mass is 10.1. The smallest absolute Gasteiger partial charge is 0.122 e. The highest BCUT2D eigenvalue weighted by molar-refractivity contribution is 5.78. The Morgan fingerprint density at radius 1 is 0.333 bits per heavy atom. The minimum Gasteiger partial charge on any atom is -0.497 e. The molecule has 0 aromatic heterocycles. The van der Waals surface area contributed by atoms with Crippen LogP contribution in [-0.4, -0.2) is 27.4 Å². The second kappa shape index (κ2) is 15.1. The lowest BCUT2D eigenvalue weighted by Gasteiger charge is -2.26. The van der Waals surface area contributed by atoms with Gasteiger partial charge < -0.3 is 28.7 Å². The third kappa shape index (κ3) is 7.73. The number of ether oxygens (including phenoxy) is 4. The summed E-state index contributed by atoms with van der Waals surface area (Å²) in [6, 6.07) is 49.4. The van der Waals surface area contributed by atoms with Crippen LogP contribution in [0.5, 0.6) is 23.0 Å². The molecule has 6 heteroatoms. The SMILES string of the molecule is COc1ccc(N(c2ccc(C)cc2)c2ccc(OCCOc3ccc(N(c4ccc(C)cc4)c4ccc(OC)cc4)cc3)cc2)cc1. The molecule has 6 aromatic rings. The molecule has 0 aliphatic rings. The summed E-state index contributed by atoms with van der Waals surface area (Å²) in [7, 11) is 3.36. The van der Waals surface area contributed by atoms with E-state index < -0.39 is 0 Å². The second-order valence-electron chi connectivity index (χ2n) is 11.4. The van der Waals surface area contributed by atoms with Crippen molar-refractivity contribution in [2.45, 2.75) is 13.8 Å². The Morgan fingerprint density at radius 2 is 0.562 bits per heavy atom. The molecule has 48 heavy (non-hydrogen) atoms. The zero-order valence-corrected chi connectivity index (χ0v) is 27.8. The Hall–Kier alpha value is -5.88. The molecule has 0 N–H and O–H groups in total. The summed E-state index contributed by atoms with van der Waals surface area (Å²) in [6.07, 6.45) is 0. The van der Waals surface area contributed by atoms with E-state index in [1.165, 1.54) is 11.1 Å². The van der Waals surface area contributed by atoms with Crippen LogP contribution in [0.3, 0.4) is 0 Å². The van der Waals surface area contributed by atoms with Gasteiger partial charge in [-0.05, 0) is 135 Å². The number of nitrogens with zero attached hydrogens (tertiary/aromatic N) is 2. The molecule has 0 aliphatic carbocycles. The van der Waals surface area contributed by atoms with Gasteiger partial charge in [-0.1, -0.05) is 35.4 Å². The highest BCUT2D eigenvalue weighted by Crippen LogP contribution is 2.37. The monoisotopic (exact) mass is 636 g/mol. The Kier molecular flexibility index (Phi) is 10.1. The van der Waals surface area contributed by atoms with Gasteiger partial charge in [0.1, 0.15) is 36.2 Å². The van der Waals surface area contributed by atoms with Crippen LogP contribution < -0.4 is 28.7 Å². The minimum absolute atomic E-state index is 0.419. The van der Waals surface area contributed by atoms with Crippen molar-refractivity contribution in [1.29, 1.82) is 0 Å². The van der Waals surface area contributed by atoms with Crippen molar-refractivity contribution in [2.24, 2.45) is 0 Å². The third-order valence-corrected chi connectivity index (χ3v) is 8.06. The molecule has 0 saturated heterocycles. The molecule has 0 aliphatic heterocycles. The average molecular weight is 637 g/mol. The molecule has 6 rings (SSSR count). The number of rotatable bonds is 13. The maximum Gasteiger partial charge on any atom is 0.122 e. The van der Waals surface area contributed by atoms with Gasteiger partial charge in [-0.25, -0.2) is 0 Å². The summed E-state index contributed by atoms with van der Waals surface area (Å²) in [5.74, 6) is 3.21. The van der Waals surface area contributed by atoms with Crippen LogP contribution in [0.15, 0.2) is 146 Å². The maximum absolute atomic E-state index is 6.05. The van der Waals surface area contributed by atoms with Crippen molar-refractivity contribution < 1.29 is 18.9 Å². The Labute approximate surface area is 283 Å². The molecular formula is C42H40N2O4. The van der Waals surface area contributed by atoms with Gasteiger partial charge in [-0.15, -0.1) is 0 Å². The van der Waals surface area contributed by atoms with Crippen molar-refractivity contribution in [3.63, 3.8) is 0 Å². The van der Waals surface area contributed by atoms with Crippen LogP contribution >= 0.6 is 0 Å². The second-order valence-corrected chi connectivity index (χ2v) is 11.4. The van der Waals surface area contributed by atoms with Crippen LogP contribution in [0.1, 0.15) is 11.1 Å². The quantitative estimate of drug-likeness (QED) is 0.118. The van der Waals surface area contributed by atoms with E-state index in [4.69, 9.17) is 18.9 Å². The summed E-state index contributed by atoms with van der Waals surface area (Å²) in [5, 5.41) is 0. The Bertz CT molecular complexity index is 1730. The van der Waals surface area contributed by atoms with Crippen LogP contribution in [0.25, 0.3) is 0 Å². The van der Waals surface area contributed by atoms with Gasteiger partial charge in [0.2, 0.25) is 0 Å². The average Bonchev–Trinajstić information content (AvgIpc) is 3.14. The summed E-state index contributed by atoms with van der Waals surface area (Å²) in [5.41, 5.74) is 8.72. The molecule has 0 heterocycles. The molecule has 6 nitrogen and oxygen atoms in total. The first kappa shape index (κ1) is 32.1. The molecular weight excluding hydrogens is 596 g/mol. The van der Waals surface area contributed by atoms with E-state index in [-0.39, 0.29) is 0 Å². The Morgan fingerprint density at radius 3 is 0.812 bits per heavy atom. The summed E-state index contributed by atoms with van der Waals surface area (Å²) in [4.78, 5) is 4.42. The maximum atomic E-state index is 6.05. The summed E-state index contributed by atoms with van der Waals surface area (Å²) in [6.45, 7) is 5.03. The van der Waals surface area contributed by atoms with Gasteiger partial charge in [0, 0.05) is 34.1 Å². The molecule has 0 radical (unpaired) electrons. The normalized spacial score (nSPS) is 10.7. The fourth-order valence-electron chi connectivity index (χ4n) is 5.45. The number of anilines is 6. The van der Waals surface area contributed by atoms with Crippen molar-refractivity contribution in [3.05, 3.63) is 157 Å². The highest BCUT2D eigenvalue weighted by Gasteiger charge is 2.14. The number of benzene rings is 6. The van der Waals surface area contributed by atoms with Gasteiger partial charge in [-0.2, -0.15) is 0 Å². The van der Waals surface area contributed by atoms with E-state index in [2.05, 4.69) is 121 Å². The molecule has 0 amide bonds. The zero-order chi connectivity index (χ0) is 33.3. The molecule has 6 aromatic carbocycles. The van der Waals surface area contributed by atoms with E-state index in [1.54, 1.807) is 14.2 Å². The summed E-state index contributed by atoms with van der Waals surface area (Å²) < 4.78 is 22.8. The van der Waals surface area contributed by atoms with Crippen molar-refractivity contribution in [2.75, 3.05) is 37.2 Å². The number of aryl methyl sites for hydroxylation is 2. The van der Waals surface area contributed by atoms with Gasteiger partial charge in [0.25, 0.3) is 0 Å². The van der Waals surface area contributed by atoms with E-state index in [0.29, 0.717) is 13.2 Å². The van der Waals surface area contributed by atoms with Gasteiger partial charge in [0.15, 0.2) is 0 Å². The van der Waals surface area contributed by atoms with Crippen molar-refractivity contribution in [1.82, 2.24) is 0 Å².